The normalized spacial score (nSPS) is 44.6. The molecule has 3 aliphatic rings. The quantitative estimate of drug-likeness (QED) is 0.132. The smallest absolute Gasteiger partial charge is 0.311 e. The number of ether oxygens (including phenoxy) is 3. The van der Waals surface area contributed by atoms with Gasteiger partial charge in [-0.05, 0) is 70.8 Å². The number of Topliss-reactive ketones (excluding diaryl/α,β-unsaturated/α-hetero) is 1. The molecule has 7 N–H and O–H groups in total. The highest BCUT2D eigenvalue weighted by Gasteiger charge is 2.51. The summed E-state index contributed by atoms with van der Waals surface area (Å²) < 4.78 is 17.0. The molecule has 0 aromatic carbocycles. The fourth-order valence-corrected chi connectivity index (χ4v) is 6.23. The first kappa shape index (κ1) is 37.7. The van der Waals surface area contributed by atoms with Gasteiger partial charge in [-0.3, -0.25) is 9.59 Å². The molecule has 12 heteroatoms. The Morgan fingerprint density at radius 2 is 1.67 bits per heavy atom. The maximum absolute atomic E-state index is 13.0. The van der Waals surface area contributed by atoms with Crippen LogP contribution in [0.4, 0.5) is 0 Å². The number of hydrogen-bond acceptors (Lipinski definition) is 12. The number of cyclic esters (lactones) is 1. The van der Waals surface area contributed by atoms with E-state index in [1.807, 2.05) is 6.92 Å². The van der Waals surface area contributed by atoms with E-state index in [-0.39, 0.29) is 49.9 Å². The molecule has 0 radical (unpaired) electrons. The maximum Gasteiger partial charge on any atom is 0.311 e. The number of carbonyl (C=O) groups excluding carboxylic acids is 2. The summed E-state index contributed by atoms with van der Waals surface area (Å²) in [6, 6.07) is 0. The van der Waals surface area contributed by atoms with Gasteiger partial charge in [0.1, 0.15) is 36.3 Å². The van der Waals surface area contributed by atoms with Crippen molar-refractivity contribution in [2.24, 2.45) is 11.8 Å². The highest BCUT2D eigenvalue weighted by Crippen LogP contribution is 2.37. The second-order valence-corrected chi connectivity index (χ2v) is 13.3. The highest BCUT2D eigenvalue weighted by atomic mass is 16.7. The van der Waals surface area contributed by atoms with Gasteiger partial charge in [-0.25, -0.2) is 0 Å². The Morgan fingerprint density at radius 3 is 2.33 bits per heavy atom. The van der Waals surface area contributed by atoms with Crippen LogP contribution >= 0.6 is 0 Å². The molecule has 3 heterocycles. The lowest BCUT2D eigenvalue weighted by Gasteiger charge is -2.44. The molecule has 2 fully saturated rings. The van der Waals surface area contributed by atoms with E-state index in [1.54, 1.807) is 19.9 Å². The molecule has 0 aliphatic carbocycles. The summed E-state index contributed by atoms with van der Waals surface area (Å²) in [5.74, 6) is -5.02. The summed E-state index contributed by atoms with van der Waals surface area (Å²) in [5.41, 5.74) is 0.750. The molecule has 258 valence electrons. The number of esters is 1. The Labute approximate surface area is 265 Å². The van der Waals surface area contributed by atoms with E-state index in [2.05, 4.69) is 6.58 Å². The Bertz CT molecular complexity index is 1050. The molecule has 0 amide bonds. The van der Waals surface area contributed by atoms with Gasteiger partial charge in [0.2, 0.25) is 5.79 Å². The van der Waals surface area contributed by atoms with E-state index in [1.165, 1.54) is 6.92 Å². The summed E-state index contributed by atoms with van der Waals surface area (Å²) in [6.07, 6.45) is -6.80. The average molecular weight is 643 g/mol. The van der Waals surface area contributed by atoms with Crippen molar-refractivity contribution in [2.75, 3.05) is 0 Å². The Morgan fingerprint density at radius 1 is 0.978 bits per heavy atom. The van der Waals surface area contributed by atoms with E-state index >= 15 is 0 Å². The van der Waals surface area contributed by atoms with Gasteiger partial charge in [0.05, 0.1) is 36.4 Å². The predicted octanol–water partition coefficient (Wildman–Crippen LogP) is 1.20. The average Bonchev–Trinajstić information content (AvgIpc) is 3.78. The van der Waals surface area contributed by atoms with Crippen LogP contribution in [0.3, 0.4) is 0 Å². The minimum atomic E-state index is -2.30. The second-order valence-electron chi connectivity index (χ2n) is 13.3. The van der Waals surface area contributed by atoms with Crippen molar-refractivity contribution in [2.45, 2.75) is 159 Å². The zero-order chi connectivity index (χ0) is 33.6. The predicted molar refractivity (Wildman–Crippen MR) is 162 cm³/mol. The first-order chi connectivity index (χ1) is 21.1. The molecule has 3 rings (SSSR count). The number of ketones is 1. The van der Waals surface area contributed by atoms with Crippen LogP contribution in [-0.2, 0) is 23.8 Å². The van der Waals surface area contributed by atoms with E-state index < -0.39 is 84.6 Å². The van der Waals surface area contributed by atoms with Gasteiger partial charge in [-0.15, -0.1) is 0 Å². The monoisotopic (exact) mass is 642 g/mol. The van der Waals surface area contributed by atoms with Crippen LogP contribution in [0.1, 0.15) is 91.9 Å². The molecular weight excluding hydrogens is 588 g/mol. The van der Waals surface area contributed by atoms with Crippen LogP contribution < -0.4 is 0 Å². The van der Waals surface area contributed by atoms with Gasteiger partial charge in [-0.1, -0.05) is 38.5 Å². The first-order valence-electron chi connectivity index (χ1n) is 16.3. The van der Waals surface area contributed by atoms with Crippen LogP contribution in [0.2, 0.25) is 0 Å². The van der Waals surface area contributed by atoms with Crippen molar-refractivity contribution in [3.05, 3.63) is 23.8 Å². The van der Waals surface area contributed by atoms with Crippen LogP contribution in [0.5, 0.6) is 0 Å². The molecule has 9 unspecified atom stereocenters. The molecule has 45 heavy (non-hydrogen) atoms. The minimum absolute atomic E-state index is 0.0770. The number of aliphatic hydroxyl groups excluding tert-OH is 6. The van der Waals surface area contributed by atoms with Crippen molar-refractivity contribution < 1.29 is 59.5 Å². The van der Waals surface area contributed by atoms with E-state index in [0.29, 0.717) is 24.8 Å². The van der Waals surface area contributed by atoms with Crippen molar-refractivity contribution in [1.29, 1.82) is 0 Å². The number of allylic oxidation sites excluding steroid dienone is 1. The lowest BCUT2D eigenvalue weighted by molar-refractivity contribution is -0.337. The first-order valence-corrected chi connectivity index (χ1v) is 16.3. The number of rotatable bonds is 3. The van der Waals surface area contributed by atoms with Gasteiger partial charge in [0.15, 0.2) is 0 Å². The second kappa shape index (κ2) is 16.4. The van der Waals surface area contributed by atoms with E-state index in [4.69, 9.17) is 14.2 Å². The summed E-state index contributed by atoms with van der Waals surface area (Å²) in [7, 11) is 0. The number of hydrogen-bond donors (Lipinski definition) is 7. The topological polar surface area (TPSA) is 207 Å². The van der Waals surface area contributed by atoms with Crippen LogP contribution in [-0.4, -0.2) is 114 Å². The highest BCUT2D eigenvalue weighted by molar-refractivity contribution is 5.83. The Kier molecular flexibility index (Phi) is 13.7. The van der Waals surface area contributed by atoms with Gasteiger partial charge in [0, 0.05) is 12.3 Å². The van der Waals surface area contributed by atoms with Gasteiger partial charge >= 0.3 is 5.97 Å². The molecule has 13 atom stereocenters. The molecule has 2 bridgehead atoms. The number of unbranched alkanes of at least 4 members (excludes halogenated alkanes) is 1. The molecule has 0 spiro atoms. The zero-order valence-electron chi connectivity index (χ0n) is 27.0. The van der Waals surface area contributed by atoms with Gasteiger partial charge < -0.3 is 50.0 Å². The zero-order valence-corrected chi connectivity index (χ0v) is 27.0. The van der Waals surface area contributed by atoms with Gasteiger partial charge in [-0.2, -0.15) is 0 Å². The molecule has 12 nitrogen and oxygen atoms in total. The Hall–Kier alpha value is -1.74. The van der Waals surface area contributed by atoms with E-state index in [9.17, 15) is 45.3 Å². The van der Waals surface area contributed by atoms with Crippen LogP contribution in [0, 0.1) is 11.8 Å². The number of aliphatic hydroxyl groups is 7. The van der Waals surface area contributed by atoms with Crippen molar-refractivity contribution >= 4 is 11.8 Å². The summed E-state index contributed by atoms with van der Waals surface area (Å²) >= 11 is 0. The lowest BCUT2D eigenvalue weighted by atomic mass is 9.88. The maximum atomic E-state index is 13.0. The fraction of sp³-hybridized carbons (Fsp3) is 0.818. The summed E-state index contributed by atoms with van der Waals surface area (Å²) in [5, 5.41) is 76.0. The van der Waals surface area contributed by atoms with E-state index in [0.717, 1.165) is 6.42 Å². The minimum Gasteiger partial charge on any atom is -0.459 e. The molecule has 2 saturated heterocycles. The molecule has 0 saturated carbocycles. The van der Waals surface area contributed by atoms with Crippen molar-refractivity contribution in [3.63, 3.8) is 0 Å². The standard InChI is InChI=1S/C33H54O12/c1-6-7-8-26-23(35)11-9-21(34)15-22-10-12-27(38)33(42,45-22)28(39)14-17(2)13-18(3)24(36)16-25(37)19(4)30-31(44-30)29(40)20(5)32(41)43-26/h13,18,20-23,25-31,34-35,37-40,42H,4,6-12,14-16H2,1-3,5H3/b17-13+/t18?,20?,21?,22-,23?,25?,26?,27-,28-,29?,30?,31?,33-/m1/s1. The summed E-state index contributed by atoms with van der Waals surface area (Å²) in [4.78, 5) is 26.0. The Balaban J connectivity index is 1.82. The fourth-order valence-electron chi connectivity index (χ4n) is 6.23. The third kappa shape index (κ3) is 9.88. The number of epoxide rings is 1. The molecule has 0 aromatic rings. The van der Waals surface area contributed by atoms with Crippen LogP contribution in [0.15, 0.2) is 23.8 Å². The molecule has 3 aliphatic heterocycles. The third-order valence-electron chi connectivity index (χ3n) is 9.43. The number of carbonyl (C=O) groups is 2. The van der Waals surface area contributed by atoms with Crippen LogP contribution in [0.25, 0.3) is 0 Å². The molecular formula is C33H54O12. The SMILES string of the molecule is C=C1C(O)CC(=O)C(C)/C=C(\C)C[C@@H](O)[C@]2(O)O[C@H](CC[C@H]2O)CC(O)CCC(O)C(CCCC)OC(=O)C(C)C(O)C2OC12. The summed E-state index contributed by atoms with van der Waals surface area (Å²) in [6.45, 7) is 10.6. The van der Waals surface area contributed by atoms with Gasteiger partial charge in [0.25, 0.3) is 0 Å². The van der Waals surface area contributed by atoms with Crippen molar-refractivity contribution in [1.82, 2.24) is 0 Å². The number of fused-ring (bicyclic) bond motifs is 3. The third-order valence-corrected chi connectivity index (χ3v) is 9.43. The van der Waals surface area contributed by atoms with Crippen molar-refractivity contribution in [3.8, 4) is 0 Å². The largest absolute Gasteiger partial charge is 0.459 e. The molecule has 0 aromatic heterocycles. The lowest BCUT2D eigenvalue weighted by Crippen LogP contribution is -2.59.